The Morgan fingerprint density at radius 1 is 1.38 bits per heavy atom. The van der Waals surface area contributed by atoms with Gasteiger partial charge < -0.3 is 15.2 Å². The SMILES string of the molecule is CC(C)Oc1ccc(N)c(OCC(F)F)n1. The molecule has 0 aliphatic carbocycles. The molecular weight excluding hydrogens is 218 g/mol. The summed E-state index contributed by atoms with van der Waals surface area (Å²) < 4.78 is 33.9. The second-order valence-corrected chi connectivity index (χ2v) is 3.41. The van der Waals surface area contributed by atoms with E-state index in [2.05, 4.69) is 4.98 Å². The van der Waals surface area contributed by atoms with E-state index >= 15 is 0 Å². The molecule has 0 aliphatic rings. The van der Waals surface area contributed by atoms with Gasteiger partial charge in [0.05, 0.1) is 11.8 Å². The van der Waals surface area contributed by atoms with Crippen LogP contribution in [0.3, 0.4) is 0 Å². The third kappa shape index (κ3) is 3.88. The molecule has 0 spiro atoms. The molecule has 0 radical (unpaired) electrons. The first-order chi connectivity index (χ1) is 7.49. The molecule has 0 atom stereocenters. The normalized spacial score (nSPS) is 10.9. The molecule has 0 saturated carbocycles. The van der Waals surface area contributed by atoms with Crippen molar-refractivity contribution in [2.75, 3.05) is 12.3 Å². The number of hydrogen-bond donors (Lipinski definition) is 1. The van der Waals surface area contributed by atoms with E-state index in [0.717, 1.165) is 0 Å². The molecule has 6 heteroatoms. The number of nitrogens with two attached hydrogens (primary N) is 1. The minimum absolute atomic E-state index is 0.0292. The van der Waals surface area contributed by atoms with E-state index in [1.165, 1.54) is 6.07 Å². The topological polar surface area (TPSA) is 57.4 Å². The molecule has 4 nitrogen and oxygen atoms in total. The van der Waals surface area contributed by atoms with Gasteiger partial charge in [0.25, 0.3) is 6.43 Å². The molecule has 0 unspecified atom stereocenters. The van der Waals surface area contributed by atoms with E-state index in [4.69, 9.17) is 15.2 Å². The highest BCUT2D eigenvalue weighted by molar-refractivity contribution is 5.49. The van der Waals surface area contributed by atoms with Gasteiger partial charge in [0, 0.05) is 6.07 Å². The highest BCUT2D eigenvalue weighted by atomic mass is 19.3. The molecule has 0 saturated heterocycles. The number of rotatable bonds is 5. The van der Waals surface area contributed by atoms with E-state index in [1.807, 2.05) is 13.8 Å². The van der Waals surface area contributed by atoms with Crippen LogP contribution in [0, 0.1) is 0 Å². The fourth-order valence-electron chi connectivity index (χ4n) is 0.999. The van der Waals surface area contributed by atoms with Gasteiger partial charge >= 0.3 is 0 Å². The molecule has 16 heavy (non-hydrogen) atoms. The van der Waals surface area contributed by atoms with Crippen molar-refractivity contribution in [2.24, 2.45) is 0 Å². The molecule has 1 heterocycles. The zero-order valence-electron chi connectivity index (χ0n) is 9.11. The van der Waals surface area contributed by atoms with Crippen molar-refractivity contribution in [1.29, 1.82) is 0 Å². The van der Waals surface area contributed by atoms with Crippen LogP contribution in [-0.4, -0.2) is 24.1 Å². The van der Waals surface area contributed by atoms with Gasteiger partial charge in [-0.2, -0.15) is 4.98 Å². The Kier molecular flexibility index (Phi) is 4.28. The number of halogens is 2. The summed E-state index contributed by atoms with van der Waals surface area (Å²) in [6.07, 6.45) is -2.62. The first-order valence-corrected chi connectivity index (χ1v) is 4.83. The second kappa shape index (κ2) is 5.48. The molecular formula is C10H14F2N2O2. The molecule has 0 aromatic carbocycles. The summed E-state index contributed by atoms with van der Waals surface area (Å²) >= 11 is 0. The predicted octanol–water partition coefficient (Wildman–Crippen LogP) is 2.09. The lowest BCUT2D eigenvalue weighted by Crippen LogP contribution is -2.11. The highest BCUT2D eigenvalue weighted by Gasteiger charge is 2.09. The lowest BCUT2D eigenvalue weighted by atomic mass is 10.4. The Morgan fingerprint density at radius 2 is 2.06 bits per heavy atom. The third-order valence-electron chi connectivity index (χ3n) is 1.57. The van der Waals surface area contributed by atoms with Gasteiger partial charge in [0.15, 0.2) is 6.61 Å². The molecule has 1 aromatic rings. The zero-order valence-corrected chi connectivity index (χ0v) is 9.11. The lowest BCUT2D eigenvalue weighted by Gasteiger charge is -2.11. The van der Waals surface area contributed by atoms with Crippen molar-refractivity contribution in [1.82, 2.24) is 4.98 Å². The van der Waals surface area contributed by atoms with Crippen LogP contribution in [0.25, 0.3) is 0 Å². The standard InChI is InChI=1S/C10H14F2N2O2/c1-6(2)16-9-4-3-7(13)10(14-9)15-5-8(11)12/h3-4,6,8H,5,13H2,1-2H3. The number of nitrogen functional groups attached to an aromatic ring is 1. The number of ether oxygens (including phenoxy) is 2. The van der Waals surface area contributed by atoms with Crippen molar-refractivity contribution in [3.63, 3.8) is 0 Å². The average molecular weight is 232 g/mol. The largest absolute Gasteiger partial charge is 0.475 e. The molecule has 0 aliphatic heterocycles. The molecule has 1 rings (SSSR count). The predicted molar refractivity (Wildman–Crippen MR) is 55.9 cm³/mol. The number of pyridine rings is 1. The Balaban J connectivity index is 2.74. The smallest absolute Gasteiger partial charge is 0.272 e. The maximum Gasteiger partial charge on any atom is 0.272 e. The van der Waals surface area contributed by atoms with E-state index in [1.54, 1.807) is 6.07 Å². The van der Waals surface area contributed by atoms with Gasteiger partial charge in [0.2, 0.25) is 11.8 Å². The van der Waals surface area contributed by atoms with E-state index in [-0.39, 0.29) is 17.7 Å². The van der Waals surface area contributed by atoms with Crippen molar-refractivity contribution in [3.8, 4) is 11.8 Å². The molecule has 0 bridgehead atoms. The first-order valence-electron chi connectivity index (χ1n) is 4.83. The molecule has 0 fully saturated rings. The highest BCUT2D eigenvalue weighted by Crippen LogP contribution is 2.23. The van der Waals surface area contributed by atoms with Crippen LogP contribution in [0.4, 0.5) is 14.5 Å². The van der Waals surface area contributed by atoms with Gasteiger partial charge in [0.1, 0.15) is 0 Å². The maximum absolute atomic E-state index is 11.9. The maximum atomic E-state index is 11.9. The fourth-order valence-corrected chi connectivity index (χ4v) is 0.999. The van der Waals surface area contributed by atoms with Crippen molar-refractivity contribution < 1.29 is 18.3 Å². The zero-order chi connectivity index (χ0) is 12.1. The summed E-state index contributed by atoms with van der Waals surface area (Å²) in [5.41, 5.74) is 5.72. The fraction of sp³-hybridized carbons (Fsp3) is 0.500. The van der Waals surface area contributed by atoms with Gasteiger partial charge in [-0.05, 0) is 19.9 Å². The van der Waals surface area contributed by atoms with Crippen molar-refractivity contribution >= 4 is 5.69 Å². The van der Waals surface area contributed by atoms with Crippen molar-refractivity contribution in [2.45, 2.75) is 26.4 Å². The number of aromatic nitrogens is 1. The third-order valence-corrected chi connectivity index (χ3v) is 1.57. The Labute approximate surface area is 92.4 Å². The first kappa shape index (κ1) is 12.5. The summed E-state index contributed by atoms with van der Waals surface area (Å²) in [6.45, 7) is 2.93. The van der Waals surface area contributed by atoms with Crippen LogP contribution in [0.15, 0.2) is 12.1 Å². The number of hydrogen-bond acceptors (Lipinski definition) is 4. The van der Waals surface area contributed by atoms with Crippen LogP contribution in [-0.2, 0) is 0 Å². The number of nitrogens with zero attached hydrogens (tertiary/aromatic N) is 1. The second-order valence-electron chi connectivity index (χ2n) is 3.41. The van der Waals surface area contributed by atoms with Crippen molar-refractivity contribution in [3.05, 3.63) is 12.1 Å². The summed E-state index contributed by atoms with van der Waals surface area (Å²) in [5, 5.41) is 0. The average Bonchev–Trinajstić information content (AvgIpc) is 2.18. The number of alkyl halides is 2. The lowest BCUT2D eigenvalue weighted by molar-refractivity contribution is 0.0793. The summed E-state index contributed by atoms with van der Waals surface area (Å²) in [6, 6.07) is 3.07. The Bertz CT molecular complexity index is 346. The quantitative estimate of drug-likeness (QED) is 0.844. The van der Waals surface area contributed by atoms with Crippen LogP contribution >= 0.6 is 0 Å². The van der Waals surface area contributed by atoms with Crippen LogP contribution < -0.4 is 15.2 Å². The van der Waals surface area contributed by atoms with Crippen LogP contribution in [0.5, 0.6) is 11.8 Å². The van der Waals surface area contributed by atoms with Crippen LogP contribution in [0.2, 0.25) is 0 Å². The van der Waals surface area contributed by atoms with Gasteiger partial charge in [-0.25, -0.2) is 8.78 Å². The van der Waals surface area contributed by atoms with E-state index in [0.29, 0.717) is 5.88 Å². The molecule has 0 amide bonds. The molecule has 2 N–H and O–H groups in total. The summed E-state index contributed by atoms with van der Waals surface area (Å²) in [7, 11) is 0. The van der Waals surface area contributed by atoms with Crippen LogP contribution in [0.1, 0.15) is 13.8 Å². The summed E-state index contributed by atoms with van der Waals surface area (Å²) in [4.78, 5) is 3.88. The Morgan fingerprint density at radius 3 is 2.62 bits per heavy atom. The van der Waals surface area contributed by atoms with Gasteiger partial charge in [-0.1, -0.05) is 0 Å². The minimum Gasteiger partial charge on any atom is -0.475 e. The molecule has 90 valence electrons. The van der Waals surface area contributed by atoms with E-state index in [9.17, 15) is 8.78 Å². The monoisotopic (exact) mass is 232 g/mol. The van der Waals surface area contributed by atoms with Gasteiger partial charge in [-0.15, -0.1) is 0 Å². The Hall–Kier alpha value is -1.59. The summed E-state index contributed by atoms with van der Waals surface area (Å²) in [5.74, 6) is 0.270. The minimum atomic E-state index is -2.56. The van der Waals surface area contributed by atoms with E-state index < -0.39 is 13.0 Å². The molecule has 1 aromatic heterocycles. The van der Waals surface area contributed by atoms with Gasteiger partial charge in [-0.3, -0.25) is 0 Å². The number of anilines is 1.